The van der Waals surface area contributed by atoms with E-state index in [-0.39, 0.29) is 5.54 Å². The van der Waals surface area contributed by atoms with Gasteiger partial charge in [-0.2, -0.15) is 4.57 Å². The highest BCUT2D eigenvalue weighted by Crippen LogP contribution is 2.45. The number of hydrogen-bond donors (Lipinski definition) is 0. The van der Waals surface area contributed by atoms with Gasteiger partial charge in [0, 0.05) is 0 Å². The topological polar surface area (TPSA) is 39.0 Å². The Bertz CT molecular complexity index is 1420. The summed E-state index contributed by atoms with van der Waals surface area (Å²) in [5.74, 6) is 0.974. The van der Waals surface area contributed by atoms with Gasteiger partial charge in [-0.15, -0.1) is 0 Å². The zero-order valence-electron chi connectivity index (χ0n) is 15.9. The van der Waals surface area contributed by atoms with Crippen LogP contribution in [-0.4, -0.2) is 18.9 Å². The molecule has 0 N–H and O–H groups in total. The maximum atomic E-state index is 5.01. The van der Waals surface area contributed by atoms with Gasteiger partial charge in [0.1, 0.15) is 12.7 Å². The molecule has 5 nitrogen and oxygen atoms in total. The predicted octanol–water partition coefficient (Wildman–Crippen LogP) is 3.73. The molecule has 3 aromatic heterocycles. The number of aryl methyl sites for hydroxylation is 2. The highest BCUT2D eigenvalue weighted by molar-refractivity contribution is 6.00. The van der Waals surface area contributed by atoms with Crippen molar-refractivity contribution in [1.29, 1.82) is 0 Å². The number of rotatable bonds is 0. The Kier molecular flexibility index (Phi) is 2.51. The molecule has 27 heavy (non-hydrogen) atoms. The van der Waals surface area contributed by atoms with E-state index < -0.39 is 0 Å². The second-order valence-electron chi connectivity index (χ2n) is 7.99. The molecule has 0 unspecified atom stereocenters. The first-order valence-corrected chi connectivity index (χ1v) is 9.27. The molecule has 0 saturated heterocycles. The Balaban J connectivity index is 1.97. The second-order valence-corrected chi connectivity index (χ2v) is 7.99. The highest BCUT2D eigenvalue weighted by atomic mass is 15.3. The van der Waals surface area contributed by atoms with E-state index >= 15 is 0 Å². The molecule has 0 saturated carbocycles. The zero-order chi connectivity index (χ0) is 18.5. The van der Waals surface area contributed by atoms with Gasteiger partial charge in [0.15, 0.2) is 6.20 Å². The van der Waals surface area contributed by atoms with Gasteiger partial charge >= 0.3 is 0 Å². The van der Waals surface area contributed by atoms with Crippen LogP contribution in [0.4, 0.5) is 0 Å². The minimum atomic E-state index is -0.306. The SMILES string of the molecule is Cc1ccc2c3c1-c1c(ncc[n+]1C)C(C)(C)n3c1nc3ccccc3n21. The minimum absolute atomic E-state index is 0.306. The van der Waals surface area contributed by atoms with Crippen molar-refractivity contribution in [3.8, 4) is 11.3 Å². The molecule has 6 rings (SSSR count). The molecular weight excluding hydrogens is 334 g/mol. The van der Waals surface area contributed by atoms with E-state index in [0.717, 1.165) is 22.5 Å². The lowest BCUT2D eigenvalue weighted by atomic mass is 9.88. The normalized spacial score (nSPS) is 15.0. The third-order valence-corrected chi connectivity index (χ3v) is 6.02. The van der Waals surface area contributed by atoms with Crippen LogP contribution in [0.1, 0.15) is 25.1 Å². The fourth-order valence-corrected chi connectivity index (χ4v) is 4.78. The van der Waals surface area contributed by atoms with Gasteiger partial charge in [-0.25, -0.2) is 9.97 Å². The molecule has 0 aliphatic carbocycles. The quantitative estimate of drug-likeness (QED) is 0.398. The van der Waals surface area contributed by atoms with Crippen molar-refractivity contribution in [3.05, 3.63) is 60.0 Å². The fraction of sp³-hybridized carbons (Fsp3) is 0.227. The van der Waals surface area contributed by atoms with Crippen LogP contribution >= 0.6 is 0 Å². The number of nitrogens with zero attached hydrogens (tertiary/aromatic N) is 5. The zero-order valence-corrected chi connectivity index (χ0v) is 15.9. The van der Waals surface area contributed by atoms with Crippen molar-refractivity contribution in [2.24, 2.45) is 7.05 Å². The molecule has 2 aromatic carbocycles. The van der Waals surface area contributed by atoms with E-state index in [1.165, 1.54) is 27.9 Å². The van der Waals surface area contributed by atoms with E-state index in [1.54, 1.807) is 0 Å². The molecular formula is C22H20N5+. The van der Waals surface area contributed by atoms with Crippen LogP contribution < -0.4 is 4.57 Å². The van der Waals surface area contributed by atoms with Crippen molar-refractivity contribution in [1.82, 2.24) is 18.9 Å². The van der Waals surface area contributed by atoms with Crippen LogP contribution in [0, 0.1) is 6.92 Å². The Morgan fingerprint density at radius 1 is 1.04 bits per heavy atom. The molecule has 0 amide bonds. The summed E-state index contributed by atoms with van der Waals surface area (Å²) in [6, 6.07) is 12.8. The number of imidazole rings is 2. The molecule has 5 heteroatoms. The number of aromatic nitrogens is 5. The van der Waals surface area contributed by atoms with Crippen molar-refractivity contribution in [2.45, 2.75) is 26.3 Å². The summed E-state index contributed by atoms with van der Waals surface area (Å²) in [4.78, 5) is 9.83. The van der Waals surface area contributed by atoms with Crippen LogP contribution in [0.3, 0.4) is 0 Å². The number of benzene rings is 2. The maximum Gasteiger partial charge on any atom is 0.238 e. The van der Waals surface area contributed by atoms with Crippen LogP contribution in [-0.2, 0) is 12.6 Å². The van der Waals surface area contributed by atoms with Crippen LogP contribution in [0.15, 0.2) is 48.8 Å². The average molecular weight is 354 g/mol. The van der Waals surface area contributed by atoms with E-state index in [1.807, 2.05) is 18.5 Å². The molecule has 0 fully saturated rings. The second kappa shape index (κ2) is 4.55. The monoisotopic (exact) mass is 354 g/mol. The molecule has 132 valence electrons. The van der Waals surface area contributed by atoms with Gasteiger partial charge in [-0.05, 0) is 44.5 Å². The van der Waals surface area contributed by atoms with Crippen molar-refractivity contribution in [2.75, 3.05) is 0 Å². The first kappa shape index (κ1) is 14.9. The molecule has 0 spiro atoms. The number of para-hydroxylation sites is 2. The largest absolute Gasteiger partial charge is 0.297 e. The minimum Gasteiger partial charge on any atom is -0.297 e. The Hall–Kier alpha value is -3.21. The third-order valence-electron chi connectivity index (χ3n) is 6.02. The Morgan fingerprint density at radius 2 is 1.85 bits per heavy atom. The third kappa shape index (κ3) is 1.59. The van der Waals surface area contributed by atoms with Crippen molar-refractivity contribution in [3.63, 3.8) is 0 Å². The van der Waals surface area contributed by atoms with E-state index in [2.05, 4.69) is 71.7 Å². The summed E-state index contributed by atoms with van der Waals surface area (Å²) < 4.78 is 6.87. The van der Waals surface area contributed by atoms with Crippen LogP contribution in [0.5, 0.6) is 0 Å². The van der Waals surface area contributed by atoms with Crippen molar-refractivity contribution < 1.29 is 4.57 Å². The van der Waals surface area contributed by atoms with Gasteiger partial charge in [0.05, 0.1) is 39.4 Å². The smallest absolute Gasteiger partial charge is 0.238 e. The van der Waals surface area contributed by atoms with E-state index in [9.17, 15) is 0 Å². The number of hydrogen-bond acceptors (Lipinski definition) is 2. The molecule has 4 heterocycles. The number of fused-ring (bicyclic) bond motifs is 7. The maximum absolute atomic E-state index is 5.01. The predicted molar refractivity (Wildman–Crippen MR) is 106 cm³/mol. The molecule has 0 atom stereocenters. The summed E-state index contributed by atoms with van der Waals surface area (Å²) >= 11 is 0. The molecule has 0 radical (unpaired) electrons. The van der Waals surface area contributed by atoms with E-state index in [4.69, 9.17) is 9.97 Å². The lowest BCUT2D eigenvalue weighted by Crippen LogP contribution is -2.41. The van der Waals surface area contributed by atoms with Gasteiger partial charge in [-0.3, -0.25) is 8.97 Å². The Labute approximate surface area is 156 Å². The van der Waals surface area contributed by atoms with Gasteiger partial charge < -0.3 is 0 Å². The molecule has 5 aromatic rings. The summed E-state index contributed by atoms with van der Waals surface area (Å²) in [5, 5.41) is 0. The summed E-state index contributed by atoms with van der Waals surface area (Å²) in [6.07, 6.45) is 3.93. The lowest BCUT2D eigenvalue weighted by molar-refractivity contribution is -0.661. The van der Waals surface area contributed by atoms with Gasteiger partial charge in [0.2, 0.25) is 11.5 Å². The van der Waals surface area contributed by atoms with E-state index in [0.29, 0.717) is 0 Å². The first-order chi connectivity index (χ1) is 13.0. The standard InChI is InChI=1S/C22H20N5/c1-13-9-10-16-18-17(13)19-20(23-11-12-25(19)4)22(2,3)27(18)21-24-14-7-5-6-8-15(14)26(16)21/h5-12H,1-4H3/q+1. The van der Waals surface area contributed by atoms with Crippen molar-refractivity contribution >= 4 is 27.8 Å². The summed E-state index contributed by atoms with van der Waals surface area (Å²) in [6.45, 7) is 6.66. The average Bonchev–Trinajstić information content (AvgIpc) is 3.16. The van der Waals surface area contributed by atoms with Gasteiger partial charge in [-0.1, -0.05) is 18.2 Å². The lowest BCUT2D eigenvalue weighted by Gasteiger charge is -2.32. The van der Waals surface area contributed by atoms with Crippen LogP contribution in [0.25, 0.3) is 39.1 Å². The van der Waals surface area contributed by atoms with Gasteiger partial charge in [0.25, 0.3) is 0 Å². The molecule has 0 bridgehead atoms. The summed E-state index contributed by atoms with van der Waals surface area (Å²) in [5.41, 5.74) is 9.09. The fourth-order valence-electron chi connectivity index (χ4n) is 4.78. The Morgan fingerprint density at radius 3 is 2.70 bits per heavy atom. The van der Waals surface area contributed by atoms with Crippen LogP contribution in [0.2, 0.25) is 0 Å². The molecule has 1 aliphatic rings. The summed E-state index contributed by atoms with van der Waals surface area (Å²) in [7, 11) is 2.11. The first-order valence-electron chi connectivity index (χ1n) is 9.27. The molecule has 1 aliphatic heterocycles. The highest BCUT2D eigenvalue weighted by Gasteiger charge is 2.42.